The fourth-order valence-corrected chi connectivity index (χ4v) is 3.16. The molecule has 5 heteroatoms. The Kier molecular flexibility index (Phi) is 5.50. The highest BCUT2D eigenvalue weighted by Crippen LogP contribution is 2.41. The summed E-state index contributed by atoms with van der Waals surface area (Å²) < 4.78 is 0. The van der Waals surface area contributed by atoms with Gasteiger partial charge in [-0.15, -0.1) is 6.58 Å². The van der Waals surface area contributed by atoms with Crippen LogP contribution in [0.2, 0.25) is 0 Å². The van der Waals surface area contributed by atoms with E-state index in [1.165, 1.54) is 0 Å². The zero-order valence-corrected chi connectivity index (χ0v) is 15.4. The number of amides is 1. The van der Waals surface area contributed by atoms with Gasteiger partial charge in [0, 0.05) is 17.8 Å². The molecule has 1 aliphatic carbocycles. The molecule has 3 N–H and O–H groups in total. The Balaban J connectivity index is 1.50. The zero-order valence-electron chi connectivity index (χ0n) is 15.4. The van der Waals surface area contributed by atoms with Crippen LogP contribution in [0.25, 0.3) is 6.08 Å². The molecule has 0 aliphatic heterocycles. The first-order valence-corrected chi connectivity index (χ1v) is 8.97. The molecule has 1 amide bonds. The Bertz CT molecular complexity index is 870. The summed E-state index contributed by atoms with van der Waals surface area (Å²) in [5.74, 6) is -0.0328. The highest BCUT2D eigenvalue weighted by atomic mass is 16.1. The van der Waals surface area contributed by atoms with Gasteiger partial charge in [-0.25, -0.2) is 0 Å². The Morgan fingerprint density at radius 3 is 2.67 bits per heavy atom. The van der Waals surface area contributed by atoms with Gasteiger partial charge >= 0.3 is 0 Å². The third-order valence-corrected chi connectivity index (χ3v) is 4.88. The van der Waals surface area contributed by atoms with Gasteiger partial charge in [0.2, 0.25) is 0 Å². The number of aromatic nitrogens is 2. The quantitative estimate of drug-likeness (QED) is 0.394. The molecule has 1 aliphatic rings. The van der Waals surface area contributed by atoms with Gasteiger partial charge in [0.25, 0.3) is 5.91 Å². The number of rotatable bonds is 7. The van der Waals surface area contributed by atoms with Crippen LogP contribution in [0.1, 0.15) is 41.4 Å². The van der Waals surface area contributed by atoms with Crippen molar-refractivity contribution in [1.82, 2.24) is 15.5 Å². The van der Waals surface area contributed by atoms with Crippen molar-refractivity contribution in [3.05, 3.63) is 84.2 Å². The van der Waals surface area contributed by atoms with Crippen molar-refractivity contribution in [1.29, 1.82) is 5.41 Å². The topological polar surface area (TPSA) is 81.6 Å². The largest absolute Gasteiger partial charge is 0.349 e. The number of benzene rings is 1. The summed E-state index contributed by atoms with van der Waals surface area (Å²) in [6.07, 6.45) is 12.8. The molecule has 5 nitrogen and oxygen atoms in total. The molecule has 0 unspecified atom stereocenters. The molecule has 0 saturated heterocycles. The predicted octanol–water partition coefficient (Wildman–Crippen LogP) is 4.13. The van der Waals surface area contributed by atoms with Gasteiger partial charge < -0.3 is 5.32 Å². The van der Waals surface area contributed by atoms with E-state index in [0.717, 1.165) is 18.4 Å². The minimum Gasteiger partial charge on any atom is -0.349 e. The van der Waals surface area contributed by atoms with Gasteiger partial charge in [-0.1, -0.05) is 43.4 Å². The Labute approximate surface area is 159 Å². The van der Waals surface area contributed by atoms with E-state index in [1.54, 1.807) is 24.4 Å². The summed E-state index contributed by atoms with van der Waals surface area (Å²) in [7, 11) is 0. The lowest BCUT2D eigenvalue weighted by atomic mass is 9.67. The van der Waals surface area contributed by atoms with Crippen LogP contribution < -0.4 is 5.32 Å². The fourth-order valence-electron chi connectivity index (χ4n) is 3.16. The van der Waals surface area contributed by atoms with E-state index in [0.29, 0.717) is 17.0 Å². The second kappa shape index (κ2) is 7.99. The van der Waals surface area contributed by atoms with Crippen LogP contribution in [0.15, 0.2) is 67.4 Å². The van der Waals surface area contributed by atoms with Crippen LogP contribution in [-0.4, -0.2) is 27.9 Å². The number of allylic oxidation sites excluding steroid dienone is 4. The van der Waals surface area contributed by atoms with Crippen molar-refractivity contribution in [3.63, 3.8) is 0 Å². The number of carbonyl (C=O) groups is 1. The number of carbonyl (C=O) groups excluding carboxylic acids is 1. The SMILES string of the molecule is C=CC1(C)CC(NC(=O)c2ccc(/C=C/C=C\C(=N)c3ccn[nH]3)cc2)C1. The van der Waals surface area contributed by atoms with E-state index in [1.807, 2.05) is 42.5 Å². The van der Waals surface area contributed by atoms with E-state index in [2.05, 4.69) is 29.0 Å². The molecule has 3 rings (SSSR count). The average Bonchev–Trinajstić information content (AvgIpc) is 3.19. The van der Waals surface area contributed by atoms with Crippen LogP contribution in [0, 0.1) is 10.8 Å². The fraction of sp³-hybridized carbons (Fsp3) is 0.227. The third kappa shape index (κ3) is 4.70. The van der Waals surface area contributed by atoms with Gasteiger partial charge in [0.05, 0.1) is 11.4 Å². The molecule has 1 fully saturated rings. The first-order valence-electron chi connectivity index (χ1n) is 8.97. The van der Waals surface area contributed by atoms with Gasteiger partial charge in [0.15, 0.2) is 0 Å². The van der Waals surface area contributed by atoms with Crippen LogP contribution in [-0.2, 0) is 0 Å². The van der Waals surface area contributed by atoms with E-state index in [4.69, 9.17) is 5.41 Å². The van der Waals surface area contributed by atoms with Crippen molar-refractivity contribution in [2.45, 2.75) is 25.8 Å². The summed E-state index contributed by atoms with van der Waals surface area (Å²) >= 11 is 0. The predicted molar refractivity (Wildman–Crippen MR) is 109 cm³/mol. The molecule has 2 aromatic rings. The second-order valence-electron chi connectivity index (χ2n) is 7.16. The standard InChI is InChI=1S/C22H24N4O/c1-3-22(2)14-18(15-22)25-21(27)17-10-8-16(9-11-17)6-4-5-7-19(23)20-12-13-24-26-20/h3-13,18,23H,1,14-15H2,2H3,(H,24,26)(H,25,27)/b6-4+,7-5-,23-19?. The van der Waals surface area contributed by atoms with Crippen molar-refractivity contribution < 1.29 is 4.79 Å². The molecular formula is C22H24N4O. The molecular weight excluding hydrogens is 336 g/mol. The zero-order chi connectivity index (χ0) is 19.3. The smallest absolute Gasteiger partial charge is 0.251 e. The number of nitrogens with zero attached hydrogens (tertiary/aromatic N) is 1. The normalized spacial score (nSPS) is 21.9. The maximum absolute atomic E-state index is 12.3. The van der Waals surface area contributed by atoms with E-state index < -0.39 is 0 Å². The maximum atomic E-state index is 12.3. The molecule has 1 aromatic heterocycles. The van der Waals surface area contributed by atoms with E-state index >= 15 is 0 Å². The van der Waals surface area contributed by atoms with Crippen molar-refractivity contribution >= 4 is 17.7 Å². The number of H-pyrrole nitrogens is 1. The number of nitrogens with one attached hydrogen (secondary N) is 3. The molecule has 138 valence electrons. The van der Waals surface area contributed by atoms with Gasteiger partial charge in [0.1, 0.15) is 0 Å². The first kappa shape index (κ1) is 18.6. The Morgan fingerprint density at radius 1 is 1.30 bits per heavy atom. The highest BCUT2D eigenvalue weighted by Gasteiger charge is 2.38. The molecule has 1 heterocycles. The molecule has 0 bridgehead atoms. The van der Waals surface area contributed by atoms with Gasteiger partial charge in [-0.2, -0.15) is 5.10 Å². The first-order chi connectivity index (χ1) is 13.0. The average molecular weight is 360 g/mol. The molecule has 27 heavy (non-hydrogen) atoms. The maximum Gasteiger partial charge on any atom is 0.251 e. The van der Waals surface area contributed by atoms with Crippen molar-refractivity contribution in [3.8, 4) is 0 Å². The van der Waals surface area contributed by atoms with Crippen LogP contribution in [0.4, 0.5) is 0 Å². The van der Waals surface area contributed by atoms with Crippen LogP contribution in [0.5, 0.6) is 0 Å². The monoisotopic (exact) mass is 360 g/mol. The molecule has 0 spiro atoms. The second-order valence-corrected chi connectivity index (χ2v) is 7.16. The number of hydrogen-bond donors (Lipinski definition) is 3. The van der Waals surface area contributed by atoms with Gasteiger partial charge in [-0.05, 0) is 48.1 Å². The number of hydrogen-bond acceptors (Lipinski definition) is 3. The Morgan fingerprint density at radius 2 is 2.04 bits per heavy atom. The summed E-state index contributed by atoms with van der Waals surface area (Å²) in [5, 5.41) is 17.5. The lowest BCUT2D eigenvalue weighted by Gasteiger charge is -2.43. The lowest BCUT2D eigenvalue weighted by Crippen LogP contribution is -2.48. The molecule has 0 radical (unpaired) electrons. The summed E-state index contributed by atoms with van der Waals surface area (Å²) in [6, 6.07) is 9.47. The summed E-state index contributed by atoms with van der Waals surface area (Å²) in [4.78, 5) is 12.3. The molecule has 1 aromatic carbocycles. The molecule has 1 saturated carbocycles. The summed E-state index contributed by atoms with van der Waals surface area (Å²) in [6.45, 7) is 6.01. The number of aromatic amines is 1. The van der Waals surface area contributed by atoms with Crippen molar-refractivity contribution in [2.24, 2.45) is 5.41 Å². The highest BCUT2D eigenvalue weighted by molar-refractivity contribution is 6.05. The minimum absolute atomic E-state index is 0.0328. The van der Waals surface area contributed by atoms with Crippen LogP contribution >= 0.6 is 0 Å². The lowest BCUT2D eigenvalue weighted by molar-refractivity contribution is 0.0849. The van der Waals surface area contributed by atoms with E-state index in [9.17, 15) is 4.79 Å². The third-order valence-electron chi connectivity index (χ3n) is 4.88. The summed E-state index contributed by atoms with van der Waals surface area (Å²) in [5.41, 5.74) is 2.86. The van der Waals surface area contributed by atoms with Crippen LogP contribution in [0.3, 0.4) is 0 Å². The van der Waals surface area contributed by atoms with Crippen molar-refractivity contribution in [2.75, 3.05) is 0 Å². The molecule has 0 atom stereocenters. The van der Waals surface area contributed by atoms with Gasteiger partial charge in [-0.3, -0.25) is 15.3 Å². The minimum atomic E-state index is -0.0328. The van der Waals surface area contributed by atoms with E-state index in [-0.39, 0.29) is 17.4 Å². The Hall–Kier alpha value is -3.21.